The largest absolute Gasteiger partial charge is 0.497 e. The molecule has 0 radical (unpaired) electrons. The molecule has 0 unspecified atom stereocenters. The highest BCUT2D eigenvalue weighted by Gasteiger charge is 2.41. The topological polar surface area (TPSA) is 56.2 Å². The Bertz CT molecular complexity index is 1050. The number of hydrazone groups is 1. The van der Waals surface area contributed by atoms with Crippen LogP contribution >= 0.6 is 0 Å². The Morgan fingerprint density at radius 2 is 1.79 bits per heavy atom. The van der Waals surface area contributed by atoms with Crippen LogP contribution in [0.3, 0.4) is 0 Å². The molecule has 0 saturated carbocycles. The summed E-state index contributed by atoms with van der Waals surface area (Å²) in [5.74, 6) is 2.49. The van der Waals surface area contributed by atoms with E-state index in [-0.39, 0.29) is 12.3 Å². The quantitative estimate of drug-likeness (QED) is 0.667. The number of rotatable bonds is 4. The molecule has 0 saturated heterocycles. The van der Waals surface area contributed by atoms with Crippen LogP contribution in [0.25, 0.3) is 0 Å². The molecule has 2 aliphatic rings. The summed E-state index contributed by atoms with van der Waals surface area (Å²) >= 11 is 0. The lowest BCUT2D eigenvalue weighted by atomic mass is 9.95. The smallest absolute Gasteiger partial charge is 0.215 e. The third-order valence-electron chi connectivity index (χ3n) is 5.39. The van der Waals surface area contributed by atoms with E-state index >= 15 is 0 Å². The molecule has 0 fully saturated rings. The van der Waals surface area contributed by atoms with Crippen molar-refractivity contribution in [3.63, 3.8) is 0 Å². The van der Waals surface area contributed by atoms with Crippen LogP contribution in [0.4, 0.5) is 0 Å². The van der Waals surface area contributed by atoms with Crippen LogP contribution in [0.1, 0.15) is 35.4 Å². The molecular formula is C23H21N3O3. The second-order valence-electron chi connectivity index (χ2n) is 7.04. The number of benzene rings is 2. The Hall–Kier alpha value is -3.54. The van der Waals surface area contributed by atoms with Crippen molar-refractivity contribution in [2.45, 2.75) is 18.7 Å². The van der Waals surface area contributed by atoms with E-state index in [9.17, 15) is 0 Å². The predicted octanol–water partition coefficient (Wildman–Crippen LogP) is 4.34. The van der Waals surface area contributed by atoms with Crippen molar-refractivity contribution < 1.29 is 14.2 Å². The van der Waals surface area contributed by atoms with Crippen LogP contribution in [0, 0.1) is 0 Å². The minimum Gasteiger partial charge on any atom is -0.497 e. The maximum absolute atomic E-state index is 6.36. The van der Waals surface area contributed by atoms with Crippen molar-refractivity contribution in [1.82, 2.24) is 9.99 Å². The van der Waals surface area contributed by atoms with E-state index in [1.165, 1.54) is 0 Å². The lowest BCUT2D eigenvalue weighted by molar-refractivity contribution is -0.0193. The van der Waals surface area contributed by atoms with Gasteiger partial charge in [-0.05, 0) is 54.1 Å². The summed E-state index contributed by atoms with van der Waals surface area (Å²) in [4.78, 5) is 4.26. The number of hydrogen-bond acceptors (Lipinski definition) is 6. The molecule has 0 bridgehead atoms. The van der Waals surface area contributed by atoms with E-state index in [0.29, 0.717) is 0 Å². The Labute approximate surface area is 169 Å². The lowest BCUT2D eigenvalue weighted by Crippen LogP contribution is -2.33. The predicted molar refractivity (Wildman–Crippen MR) is 109 cm³/mol. The van der Waals surface area contributed by atoms with E-state index < -0.39 is 0 Å². The van der Waals surface area contributed by atoms with Crippen molar-refractivity contribution in [3.8, 4) is 17.2 Å². The maximum atomic E-state index is 6.36. The summed E-state index contributed by atoms with van der Waals surface area (Å²) in [5, 5.41) is 7.00. The highest BCUT2D eigenvalue weighted by molar-refractivity contribution is 6.02. The Kier molecular flexibility index (Phi) is 4.31. The average molecular weight is 387 g/mol. The van der Waals surface area contributed by atoms with Crippen molar-refractivity contribution in [3.05, 3.63) is 83.7 Å². The molecule has 2 aromatic carbocycles. The number of ether oxygens (including phenoxy) is 3. The molecule has 3 aromatic rings. The van der Waals surface area contributed by atoms with Gasteiger partial charge in [0.05, 0.1) is 26.0 Å². The molecule has 1 aromatic heterocycles. The molecule has 3 heterocycles. The molecule has 0 aliphatic carbocycles. The van der Waals surface area contributed by atoms with Crippen LogP contribution in [0.2, 0.25) is 0 Å². The van der Waals surface area contributed by atoms with E-state index in [0.717, 1.165) is 46.1 Å². The summed E-state index contributed by atoms with van der Waals surface area (Å²) in [7, 11) is 3.35. The number of nitrogens with zero attached hydrogens (tertiary/aromatic N) is 3. The average Bonchev–Trinajstić information content (AvgIpc) is 3.24. The van der Waals surface area contributed by atoms with Crippen molar-refractivity contribution in [2.75, 3.05) is 14.2 Å². The molecule has 146 valence electrons. The number of pyridine rings is 1. The molecule has 2 aliphatic heterocycles. The fraction of sp³-hybridized carbons (Fsp3) is 0.217. The summed E-state index contributed by atoms with van der Waals surface area (Å²) in [6.07, 6.45) is 4.05. The van der Waals surface area contributed by atoms with Gasteiger partial charge in [-0.1, -0.05) is 6.07 Å². The van der Waals surface area contributed by atoms with E-state index in [4.69, 9.17) is 19.3 Å². The van der Waals surface area contributed by atoms with E-state index in [2.05, 4.69) is 4.98 Å². The van der Waals surface area contributed by atoms with Gasteiger partial charge in [0.1, 0.15) is 17.2 Å². The first-order chi connectivity index (χ1) is 14.3. The zero-order chi connectivity index (χ0) is 19.8. The van der Waals surface area contributed by atoms with Crippen LogP contribution in [-0.2, 0) is 0 Å². The second kappa shape index (κ2) is 7.13. The monoisotopic (exact) mass is 387 g/mol. The fourth-order valence-corrected chi connectivity index (χ4v) is 3.89. The van der Waals surface area contributed by atoms with Crippen LogP contribution < -0.4 is 14.2 Å². The van der Waals surface area contributed by atoms with Gasteiger partial charge in [-0.2, -0.15) is 5.10 Å². The number of methoxy groups -OCH3 is 2. The first-order valence-electron chi connectivity index (χ1n) is 9.51. The Morgan fingerprint density at radius 3 is 2.52 bits per heavy atom. The van der Waals surface area contributed by atoms with Crippen molar-refractivity contribution in [2.24, 2.45) is 5.10 Å². The minimum absolute atomic E-state index is 0.0659. The van der Waals surface area contributed by atoms with Gasteiger partial charge in [-0.25, -0.2) is 5.01 Å². The van der Waals surface area contributed by atoms with E-state index in [1.807, 2.05) is 65.8 Å². The molecule has 0 spiro atoms. The number of aromatic nitrogens is 1. The van der Waals surface area contributed by atoms with Crippen molar-refractivity contribution in [1.29, 1.82) is 0 Å². The van der Waals surface area contributed by atoms with Gasteiger partial charge in [-0.15, -0.1) is 0 Å². The summed E-state index contributed by atoms with van der Waals surface area (Å²) in [6.45, 7) is 0. The maximum Gasteiger partial charge on any atom is 0.215 e. The molecule has 0 N–H and O–H groups in total. The molecule has 5 rings (SSSR count). The first-order valence-corrected chi connectivity index (χ1v) is 9.51. The normalized spacial score (nSPS) is 19.7. The molecule has 0 amide bonds. The lowest BCUT2D eigenvalue weighted by Gasteiger charge is -2.38. The van der Waals surface area contributed by atoms with Crippen LogP contribution in [0.15, 0.2) is 72.1 Å². The summed E-state index contributed by atoms with van der Waals surface area (Å²) in [6, 6.07) is 17.9. The van der Waals surface area contributed by atoms with Gasteiger partial charge in [0.15, 0.2) is 0 Å². The molecule has 29 heavy (non-hydrogen) atoms. The standard InChI is InChI=1S/C23H21N3O3/c1-27-17-7-5-15(6-8-17)20-13-21-19-12-18(28-2)9-10-22(19)29-23(26(21)25-20)16-4-3-11-24-14-16/h3-12,14,21,23H,13H2,1-2H3/t21-,23+/m1/s1. The molecular weight excluding hydrogens is 366 g/mol. The Balaban J connectivity index is 1.57. The zero-order valence-corrected chi connectivity index (χ0v) is 16.3. The molecule has 6 nitrogen and oxygen atoms in total. The fourth-order valence-electron chi connectivity index (χ4n) is 3.89. The highest BCUT2D eigenvalue weighted by Crippen LogP contribution is 2.48. The van der Waals surface area contributed by atoms with Crippen LogP contribution in [-0.4, -0.2) is 29.9 Å². The summed E-state index contributed by atoms with van der Waals surface area (Å²) < 4.78 is 17.1. The molecule has 6 heteroatoms. The van der Waals surface area contributed by atoms with Gasteiger partial charge in [0, 0.05) is 29.9 Å². The summed E-state index contributed by atoms with van der Waals surface area (Å²) in [5.41, 5.74) is 4.15. The third-order valence-corrected chi connectivity index (χ3v) is 5.39. The zero-order valence-electron chi connectivity index (χ0n) is 16.3. The van der Waals surface area contributed by atoms with Crippen LogP contribution in [0.5, 0.6) is 17.2 Å². The third kappa shape index (κ3) is 3.06. The van der Waals surface area contributed by atoms with Gasteiger partial charge in [-0.3, -0.25) is 4.98 Å². The minimum atomic E-state index is -0.328. The van der Waals surface area contributed by atoms with Gasteiger partial charge in [0.2, 0.25) is 6.23 Å². The van der Waals surface area contributed by atoms with Crippen molar-refractivity contribution >= 4 is 5.71 Å². The number of hydrogen-bond donors (Lipinski definition) is 0. The Morgan fingerprint density at radius 1 is 1.00 bits per heavy atom. The van der Waals surface area contributed by atoms with Gasteiger partial charge in [0.25, 0.3) is 0 Å². The van der Waals surface area contributed by atoms with Gasteiger partial charge >= 0.3 is 0 Å². The highest BCUT2D eigenvalue weighted by atomic mass is 16.5. The van der Waals surface area contributed by atoms with Gasteiger partial charge < -0.3 is 14.2 Å². The second-order valence-corrected chi connectivity index (χ2v) is 7.04. The molecule has 2 atom stereocenters. The SMILES string of the molecule is COc1ccc(C2=NN3[C@H](C2)c2cc(OC)ccc2O[C@H]3c2cccnc2)cc1. The number of fused-ring (bicyclic) bond motifs is 3. The first kappa shape index (κ1) is 17.6. The van der Waals surface area contributed by atoms with E-state index in [1.54, 1.807) is 20.4 Å².